The lowest BCUT2D eigenvalue weighted by Crippen LogP contribution is -2.17. The average Bonchev–Trinajstić information content (AvgIpc) is 3.38. The number of benzene rings is 1. The van der Waals surface area contributed by atoms with Gasteiger partial charge in [0.05, 0.1) is 16.5 Å². The van der Waals surface area contributed by atoms with Crippen LogP contribution in [0.4, 0.5) is 5.69 Å². The van der Waals surface area contributed by atoms with E-state index in [4.69, 9.17) is 4.42 Å². The molecule has 4 aromatic rings. The van der Waals surface area contributed by atoms with Crippen LogP contribution in [0, 0.1) is 10.1 Å². The molecule has 1 aromatic carbocycles. The topological polar surface area (TPSA) is 104 Å². The minimum Gasteiger partial charge on any atom is -0.455 e. The van der Waals surface area contributed by atoms with E-state index in [-0.39, 0.29) is 11.2 Å². The first-order valence-corrected chi connectivity index (χ1v) is 10.3. The van der Waals surface area contributed by atoms with Gasteiger partial charge in [-0.2, -0.15) is 9.78 Å². The zero-order valence-electron chi connectivity index (χ0n) is 15.8. The van der Waals surface area contributed by atoms with Crippen LogP contribution in [-0.2, 0) is 12.8 Å². The van der Waals surface area contributed by atoms with Crippen LogP contribution in [0.5, 0.6) is 0 Å². The van der Waals surface area contributed by atoms with E-state index in [0.29, 0.717) is 22.5 Å². The number of thiophene rings is 1. The third kappa shape index (κ3) is 3.22. The van der Waals surface area contributed by atoms with Gasteiger partial charge in [-0.3, -0.25) is 14.9 Å². The molecule has 1 aliphatic rings. The van der Waals surface area contributed by atoms with Crippen LogP contribution >= 0.6 is 11.3 Å². The molecule has 0 spiro atoms. The third-order valence-corrected chi connectivity index (χ3v) is 6.34. The van der Waals surface area contributed by atoms with Gasteiger partial charge < -0.3 is 4.42 Å². The Labute approximate surface area is 174 Å². The first kappa shape index (κ1) is 18.4. The minimum atomic E-state index is -0.451. The van der Waals surface area contributed by atoms with Crippen LogP contribution in [0.3, 0.4) is 0 Å². The van der Waals surface area contributed by atoms with Crippen molar-refractivity contribution in [2.24, 2.45) is 5.10 Å². The maximum atomic E-state index is 12.9. The summed E-state index contributed by atoms with van der Waals surface area (Å²) in [6.45, 7) is 0. The van der Waals surface area contributed by atoms with Crippen molar-refractivity contribution in [2.75, 3.05) is 0 Å². The van der Waals surface area contributed by atoms with Gasteiger partial charge in [-0.1, -0.05) is 12.1 Å². The molecule has 0 saturated carbocycles. The lowest BCUT2D eigenvalue weighted by atomic mass is 9.97. The molecular formula is C21H16N4O4S. The van der Waals surface area contributed by atoms with Gasteiger partial charge in [0, 0.05) is 22.6 Å². The predicted molar refractivity (Wildman–Crippen MR) is 114 cm³/mol. The molecule has 0 saturated heterocycles. The SMILES string of the molecule is O=c1c2c3c(sc2ncn1N=Cc1ccc(-c2cccc([N+](=O)[O-])c2)o1)CCCC3. The number of rotatable bonds is 4. The summed E-state index contributed by atoms with van der Waals surface area (Å²) in [6, 6.07) is 9.61. The first-order valence-electron chi connectivity index (χ1n) is 9.51. The molecule has 1 aliphatic carbocycles. The van der Waals surface area contributed by atoms with Crippen LogP contribution in [0.1, 0.15) is 29.0 Å². The Hall–Kier alpha value is -3.59. The van der Waals surface area contributed by atoms with Crippen LogP contribution in [0.15, 0.2) is 57.0 Å². The van der Waals surface area contributed by atoms with Crippen molar-refractivity contribution in [1.82, 2.24) is 9.66 Å². The van der Waals surface area contributed by atoms with Crippen molar-refractivity contribution in [3.05, 3.63) is 79.4 Å². The zero-order valence-corrected chi connectivity index (χ0v) is 16.6. The summed E-state index contributed by atoms with van der Waals surface area (Å²) in [5, 5.41) is 15.9. The zero-order chi connectivity index (χ0) is 20.7. The number of nitrogens with zero attached hydrogens (tertiary/aromatic N) is 4. The normalized spacial score (nSPS) is 13.7. The summed E-state index contributed by atoms with van der Waals surface area (Å²) in [6.07, 6.45) is 7.01. The molecule has 0 bridgehead atoms. The van der Waals surface area contributed by atoms with E-state index >= 15 is 0 Å². The van der Waals surface area contributed by atoms with Crippen molar-refractivity contribution >= 4 is 33.5 Å². The largest absolute Gasteiger partial charge is 0.455 e. The van der Waals surface area contributed by atoms with Gasteiger partial charge >= 0.3 is 0 Å². The number of non-ortho nitro benzene ring substituents is 1. The number of aromatic nitrogens is 2. The first-order chi connectivity index (χ1) is 14.6. The highest BCUT2D eigenvalue weighted by Crippen LogP contribution is 2.33. The molecule has 8 nitrogen and oxygen atoms in total. The van der Waals surface area contributed by atoms with Gasteiger partial charge in [0.2, 0.25) is 0 Å². The highest BCUT2D eigenvalue weighted by atomic mass is 32.1. The Morgan fingerprint density at radius 3 is 2.97 bits per heavy atom. The van der Waals surface area contributed by atoms with E-state index in [1.165, 1.54) is 34.2 Å². The van der Waals surface area contributed by atoms with Crippen molar-refractivity contribution in [3.63, 3.8) is 0 Å². The van der Waals surface area contributed by atoms with Gasteiger partial charge in [0.15, 0.2) is 0 Å². The monoisotopic (exact) mass is 420 g/mol. The highest BCUT2D eigenvalue weighted by Gasteiger charge is 2.19. The molecule has 0 unspecified atom stereocenters. The molecule has 5 rings (SSSR count). The quantitative estimate of drug-likeness (QED) is 0.277. The van der Waals surface area contributed by atoms with Gasteiger partial charge in [0.1, 0.15) is 22.7 Å². The smallest absolute Gasteiger partial charge is 0.282 e. The maximum Gasteiger partial charge on any atom is 0.282 e. The van der Waals surface area contributed by atoms with Crippen molar-refractivity contribution in [2.45, 2.75) is 25.7 Å². The van der Waals surface area contributed by atoms with E-state index in [1.54, 1.807) is 35.6 Å². The average molecular weight is 420 g/mol. The fourth-order valence-corrected chi connectivity index (χ4v) is 4.91. The standard InChI is InChI=1S/C21H16N4O4S/c26-21-19-16-6-1-2-7-18(16)30-20(19)22-12-24(21)23-11-15-8-9-17(29-15)13-4-3-5-14(10-13)25(27)28/h3-5,8-12H,1-2,6-7H2. The molecule has 0 amide bonds. The van der Waals surface area contributed by atoms with E-state index in [2.05, 4.69) is 10.1 Å². The Morgan fingerprint density at radius 2 is 2.10 bits per heavy atom. The van der Waals surface area contributed by atoms with E-state index in [9.17, 15) is 14.9 Å². The number of hydrogen-bond acceptors (Lipinski definition) is 7. The summed E-state index contributed by atoms with van der Waals surface area (Å²) < 4.78 is 6.95. The van der Waals surface area contributed by atoms with E-state index in [0.717, 1.165) is 36.1 Å². The van der Waals surface area contributed by atoms with Gasteiger partial charge in [-0.05, 0) is 43.4 Å². The summed E-state index contributed by atoms with van der Waals surface area (Å²) in [4.78, 5) is 29.9. The molecule has 3 heterocycles. The molecule has 150 valence electrons. The number of furan rings is 1. The summed E-state index contributed by atoms with van der Waals surface area (Å²) in [5.74, 6) is 0.906. The lowest BCUT2D eigenvalue weighted by molar-refractivity contribution is -0.384. The second-order valence-electron chi connectivity index (χ2n) is 7.04. The lowest BCUT2D eigenvalue weighted by Gasteiger charge is -2.09. The molecule has 0 atom stereocenters. The minimum absolute atomic E-state index is 0.0101. The molecule has 9 heteroatoms. The molecule has 0 aliphatic heterocycles. The fourth-order valence-electron chi connectivity index (χ4n) is 3.69. The van der Waals surface area contributed by atoms with Crippen molar-refractivity contribution < 1.29 is 9.34 Å². The molecule has 3 aromatic heterocycles. The summed E-state index contributed by atoms with van der Waals surface area (Å²) in [7, 11) is 0. The fraction of sp³-hybridized carbons (Fsp3) is 0.190. The van der Waals surface area contributed by atoms with E-state index < -0.39 is 4.92 Å². The van der Waals surface area contributed by atoms with Crippen LogP contribution < -0.4 is 5.56 Å². The van der Waals surface area contributed by atoms with Crippen molar-refractivity contribution in [1.29, 1.82) is 0 Å². The van der Waals surface area contributed by atoms with Crippen LogP contribution in [0.2, 0.25) is 0 Å². The summed E-state index contributed by atoms with van der Waals surface area (Å²) >= 11 is 1.60. The number of fused-ring (bicyclic) bond motifs is 3. The third-order valence-electron chi connectivity index (χ3n) is 5.14. The second-order valence-corrected chi connectivity index (χ2v) is 8.12. The highest BCUT2D eigenvalue weighted by molar-refractivity contribution is 7.18. The van der Waals surface area contributed by atoms with Crippen LogP contribution in [-0.4, -0.2) is 20.8 Å². The van der Waals surface area contributed by atoms with Crippen molar-refractivity contribution in [3.8, 4) is 11.3 Å². The second kappa shape index (κ2) is 7.34. The van der Waals surface area contributed by atoms with Gasteiger partial charge in [0.25, 0.3) is 11.2 Å². The Balaban J connectivity index is 1.46. The summed E-state index contributed by atoms with van der Waals surface area (Å²) in [5.41, 5.74) is 1.52. The van der Waals surface area contributed by atoms with E-state index in [1.807, 2.05) is 0 Å². The predicted octanol–water partition coefficient (Wildman–Crippen LogP) is 4.39. The van der Waals surface area contributed by atoms with Gasteiger partial charge in [-0.25, -0.2) is 4.98 Å². The molecule has 0 N–H and O–H groups in total. The number of nitro groups is 1. The Kier molecular flexibility index (Phi) is 4.51. The van der Waals surface area contributed by atoms with Crippen LogP contribution in [0.25, 0.3) is 21.5 Å². The molecule has 30 heavy (non-hydrogen) atoms. The molecule has 0 fully saturated rings. The number of hydrogen-bond donors (Lipinski definition) is 0. The maximum absolute atomic E-state index is 12.9. The Bertz CT molecular complexity index is 1370. The molecule has 0 radical (unpaired) electrons. The number of aryl methyl sites for hydroxylation is 2. The molecular weight excluding hydrogens is 404 g/mol. The number of nitro benzene ring substituents is 1. The Morgan fingerprint density at radius 1 is 1.23 bits per heavy atom. The van der Waals surface area contributed by atoms with Gasteiger partial charge in [-0.15, -0.1) is 11.3 Å².